The molecule has 0 bridgehead atoms. The average molecular weight is 233 g/mol. The predicted octanol–water partition coefficient (Wildman–Crippen LogP) is 1.97. The summed E-state index contributed by atoms with van der Waals surface area (Å²) < 4.78 is 5.68. The standard InChI is InChI=1S/C13H19N3O/c1-9-10(7-14-11-5-6-11)8-15-13(16-9)17-12-3-2-4-12/h8,11-12,14H,2-7H2,1H3. The average Bonchev–Trinajstić information content (AvgIpc) is 3.06. The fourth-order valence-corrected chi connectivity index (χ4v) is 1.88. The number of hydrogen-bond acceptors (Lipinski definition) is 4. The van der Waals surface area contributed by atoms with Gasteiger partial charge in [0.15, 0.2) is 0 Å². The van der Waals surface area contributed by atoms with E-state index in [1.165, 1.54) is 24.8 Å². The van der Waals surface area contributed by atoms with Gasteiger partial charge in [-0.1, -0.05) is 0 Å². The number of rotatable bonds is 5. The van der Waals surface area contributed by atoms with Crippen LogP contribution in [0.2, 0.25) is 0 Å². The van der Waals surface area contributed by atoms with Crippen LogP contribution in [0.25, 0.3) is 0 Å². The zero-order valence-corrected chi connectivity index (χ0v) is 10.3. The van der Waals surface area contributed by atoms with Gasteiger partial charge in [0.2, 0.25) is 0 Å². The molecule has 2 aliphatic carbocycles. The maximum absolute atomic E-state index is 5.68. The van der Waals surface area contributed by atoms with Crippen LogP contribution in [0, 0.1) is 6.92 Å². The molecular formula is C13H19N3O. The molecule has 1 heterocycles. The Morgan fingerprint density at radius 1 is 1.35 bits per heavy atom. The Morgan fingerprint density at radius 2 is 2.18 bits per heavy atom. The molecule has 0 saturated heterocycles. The molecule has 0 unspecified atom stereocenters. The van der Waals surface area contributed by atoms with Crippen LogP contribution in [0.5, 0.6) is 6.01 Å². The van der Waals surface area contributed by atoms with Crippen LogP contribution in [-0.2, 0) is 6.54 Å². The summed E-state index contributed by atoms with van der Waals surface area (Å²) in [6.45, 7) is 2.90. The Labute approximate surface area is 102 Å². The van der Waals surface area contributed by atoms with Crippen LogP contribution >= 0.6 is 0 Å². The first-order valence-electron chi connectivity index (χ1n) is 6.54. The Bertz CT molecular complexity index is 400. The van der Waals surface area contributed by atoms with Crippen LogP contribution in [0.1, 0.15) is 43.4 Å². The highest BCUT2D eigenvalue weighted by Gasteiger charge is 2.22. The fourth-order valence-electron chi connectivity index (χ4n) is 1.88. The highest BCUT2D eigenvalue weighted by Crippen LogP contribution is 2.23. The number of aryl methyl sites for hydroxylation is 1. The Balaban J connectivity index is 1.60. The molecule has 2 aliphatic rings. The van der Waals surface area contributed by atoms with E-state index in [2.05, 4.69) is 15.3 Å². The molecule has 3 rings (SSSR count). The van der Waals surface area contributed by atoms with Crippen LogP contribution in [0.3, 0.4) is 0 Å². The van der Waals surface area contributed by atoms with Crippen molar-refractivity contribution in [1.82, 2.24) is 15.3 Å². The number of hydrogen-bond donors (Lipinski definition) is 1. The van der Waals surface area contributed by atoms with Gasteiger partial charge in [-0.25, -0.2) is 9.97 Å². The van der Waals surface area contributed by atoms with E-state index >= 15 is 0 Å². The van der Waals surface area contributed by atoms with E-state index in [1.54, 1.807) is 0 Å². The summed E-state index contributed by atoms with van der Waals surface area (Å²) in [7, 11) is 0. The van der Waals surface area contributed by atoms with Crippen LogP contribution in [-0.4, -0.2) is 22.1 Å². The lowest BCUT2D eigenvalue weighted by Crippen LogP contribution is -2.25. The van der Waals surface area contributed by atoms with E-state index in [-0.39, 0.29) is 0 Å². The van der Waals surface area contributed by atoms with E-state index in [4.69, 9.17) is 4.74 Å². The molecule has 0 atom stereocenters. The summed E-state index contributed by atoms with van der Waals surface area (Å²) >= 11 is 0. The van der Waals surface area contributed by atoms with Gasteiger partial charge < -0.3 is 10.1 Å². The summed E-state index contributed by atoms with van der Waals surface area (Å²) in [4.78, 5) is 8.71. The molecule has 1 aromatic rings. The molecular weight excluding hydrogens is 214 g/mol. The second-order valence-electron chi connectivity index (χ2n) is 5.09. The molecule has 0 spiro atoms. The largest absolute Gasteiger partial charge is 0.460 e. The van der Waals surface area contributed by atoms with Gasteiger partial charge in [0.1, 0.15) is 6.10 Å². The molecule has 1 N–H and O–H groups in total. The van der Waals surface area contributed by atoms with Crippen LogP contribution < -0.4 is 10.1 Å². The molecule has 0 amide bonds. The molecule has 0 radical (unpaired) electrons. The molecule has 4 nitrogen and oxygen atoms in total. The summed E-state index contributed by atoms with van der Waals surface area (Å²) in [5, 5.41) is 3.48. The highest BCUT2D eigenvalue weighted by molar-refractivity contribution is 5.18. The van der Waals surface area contributed by atoms with Gasteiger partial charge in [0, 0.05) is 30.0 Å². The summed E-state index contributed by atoms with van der Waals surface area (Å²) in [6, 6.07) is 1.27. The summed E-state index contributed by atoms with van der Waals surface area (Å²) in [6.07, 6.45) is 8.43. The van der Waals surface area contributed by atoms with Gasteiger partial charge in [-0.2, -0.15) is 0 Å². The molecule has 0 aliphatic heterocycles. The van der Waals surface area contributed by atoms with Crippen molar-refractivity contribution >= 4 is 0 Å². The van der Waals surface area contributed by atoms with Crippen molar-refractivity contribution in [3.05, 3.63) is 17.5 Å². The highest BCUT2D eigenvalue weighted by atomic mass is 16.5. The van der Waals surface area contributed by atoms with Crippen molar-refractivity contribution in [1.29, 1.82) is 0 Å². The number of nitrogens with one attached hydrogen (secondary N) is 1. The van der Waals surface area contributed by atoms with Gasteiger partial charge in [0.05, 0.1) is 0 Å². The minimum absolute atomic E-state index is 0.352. The molecule has 17 heavy (non-hydrogen) atoms. The van der Waals surface area contributed by atoms with Crippen molar-refractivity contribution in [3.8, 4) is 6.01 Å². The number of aromatic nitrogens is 2. The zero-order chi connectivity index (χ0) is 11.7. The molecule has 4 heteroatoms. The number of nitrogens with zero attached hydrogens (tertiary/aromatic N) is 2. The molecule has 0 aromatic carbocycles. The van der Waals surface area contributed by atoms with Gasteiger partial charge in [-0.3, -0.25) is 0 Å². The SMILES string of the molecule is Cc1nc(OC2CCC2)ncc1CNC1CC1. The van der Waals surface area contributed by atoms with E-state index < -0.39 is 0 Å². The van der Waals surface area contributed by atoms with E-state index in [9.17, 15) is 0 Å². The third kappa shape index (κ3) is 2.75. The molecule has 92 valence electrons. The third-order valence-electron chi connectivity index (χ3n) is 3.54. The molecule has 1 aromatic heterocycles. The summed E-state index contributed by atoms with van der Waals surface area (Å²) in [5.41, 5.74) is 2.21. The smallest absolute Gasteiger partial charge is 0.316 e. The minimum atomic E-state index is 0.352. The molecule has 2 fully saturated rings. The lowest BCUT2D eigenvalue weighted by Gasteiger charge is -2.25. The maximum Gasteiger partial charge on any atom is 0.316 e. The lowest BCUT2D eigenvalue weighted by molar-refractivity contribution is 0.108. The first-order valence-corrected chi connectivity index (χ1v) is 6.54. The topological polar surface area (TPSA) is 47.0 Å². The minimum Gasteiger partial charge on any atom is -0.460 e. The Morgan fingerprint density at radius 3 is 2.76 bits per heavy atom. The van der Waals surface area contributed by atoms with Crippen molar-refractivity contribution in [2.24, 2.45) is 0 Å². The predicted molar refractivity (Wildman–Crippen MR) is 64.9 cm³/mol. The first-order chi connectivity index (χ1) is 8.31. The lowest BCUT2D eigenvalue weighted by atomic mass is 9.96. The maximum atomic E-state index is 5.68. The second kappa shape index (κ2) is 4.61. The van der Waals surface area contributed by atoms with Crippen molar-refractivity contribution in [3.63, 3.8) is 0 Å². The zero-order valence-electron chi connectivity index (χ0n) is 10.3. The van der Waals surface area contributed by atoms with E-state index in [1.807, 2.05) is 13.1 Å². The van der Waals surface area contributed by atoms with Crippen molar-refractivity contribution in [2.45, 2.75) is 57.7 Å². The molecule has 2 saturated carbocycles. The van der Waals surface area contributed by atoms with Crippen molar-refractivity contribution in [2.75, 3.05) is 0 Å². The quantitative estimate of drug-likeness (QED) is 0.844. The fraction of sp³-hybridized carbons (Fsp3) is 0.692. The summed E-state index contributed by atoms with van der Waals surface area (Å²) in [5.74, 6) is 0. The van der Waals surface area contributed by atoms with Gasteiger partial charge >= 0.3 is 6.01 Å². The Kier molecular flexibility index (Phi) is 2.97. The van der Waals surface area contributed by atoms with Gasteiger partial charge in [-0.15, -0.1) is 0 Å². The normalized spacial score (nSPS) is 20.1. The van der Waals surface area contributed by atoms with Gasteiger partial charge in [0.25, 0.3) is 0 Å². The Hall–Kier alpha value is -1.16. The third-order valence-corrected chi connectivity index (χ3v) is 3.54. The number of ether oxygens (including phenoxy) is 1. The monoisotopic (exact) mass is 233 g/mol. The van der Waals surface area contributed by atoms with Gasteiger partial charge in [-0.05, 0) is 39.0 Å². The van der Waals surface area contributed by atoms with E-state index in [0.29, 0.717) is 12.1 Å². The van der Waals surface area contributed by atoms with E-state index in [0.717, 1.165) is 31.1 Å². The van der Waals surface area contributed by atoms with Crippen molar-refractivity contribution < 1.29 is 4.74 Å². The van der Waals surface area contributed by atoms with Crippen LogP contribution in [0.15, 0.2) is 6.20 Å². The second-order valence-corrected chi connectivity index (χ2v) is 5.09. The van der Waals surface area contributed by atoms with Crippen LogP contribution in [0.4, 0.5) is 0 Å². The first kappa shape index (κ1) is 11.0.